The Hall–Kier alpha value is -0.580. The standard InChI is InChI=1S/C13H20N2OS/c1-9-6-10(2)15-12(7-9)17-11-8-14-5-4-13(11,3)16/h6-7,11,14,16H,4-5,8H2,1-3H3. The molecule has 2 unspecified atom stereocenters. The summed E-state index contributed by atoms with van der Waals surface area (Å²) in [5.74, 6) is 0. The molecule has 1 aliphatic heterocycles. The molecule has 0 aliphatic carbocycles. The summed E-state index contributed by atoms with van der Waals surface area (Å²) in [4.78, 5) is 4.52. The summed E-state index contributed by atoms with van der Waals surface area (Å²) in [6.07, 6.45) is 0.801. The van der Waals surface area contributed by atoms with Crippen molar-refractivity contribution in [3.8, 4) is 0 Å². The first-order chi connectivity index (χ1) is 7.97. The molecule has 1 aromatic heterocycles. The molecule has 2 rings (SSSR count). The van der Waals surface area contributed by atoms with Gasteiger partial charge in [-0.3, -0.25) is 0 Å². The Labute approximate surface area is 107 Å². The van der Waals surface area contributed by atoms with E-state index in [9.17, 15) is 5.11 Å². The van der Waals surface area contributed by atoms with E-state index in [1.807, 2.05) is 13.8 Å². The summed E-state index contributed by atoms with van der Waals surface area (Å²) in [6.45, 7) is 7.75. The van der Waals surface area contributed by atoms with Crippen LogP contribution in [0.4, 0.5) is 0 Å². The molecule has 1 fully saturated rings. The van der Waals surface area contributed by atoms with Crippen LogP contribution >= 0.6 is 11.8 Å². The van der Waals surface area contributed by atoms with Crippen molar-refractivity contribution in [2.75, 3.05) is 13.1 Å². The maximum absolute atomic E-state index is 10.3. The van der Waals surface area contributed by atoms with Crippen LogP contribution in [-0.4, -0.2) is 34.0 Å². The zero-order valence-electron chi connectivity index (χ0n) is 10.7. The fourth-order valence-corrected chi connectivity index (χ4v) is 3.45. The van der Waals surface area contributed by atoms with Crippen LogP contribution in [0.3, 0.4) is 0 Å². The molecule has 0 saturated carbocycles. The second kappa shape index (κ2) is 4.96. The minimum absolute atomic E-state index is 0.171. The van der Waals surface area contributed by atoms with Crippen LogP contribution in [0, 0.1) is 13.8 Å². The Morgan fingerprint density at radius 2 is 2.24 bits per heavy atom. The number of hydrogen-bond donors (Lipinski definition) is 2. The van der Waals surface area contributed by atoms with Crippen LogP contribution in [0.2, 0.25) is 0 Å². The monoisotopic (exact) mass is 252 g/mol. The summed E-state index contributed by atoms with van der Waals surface area (Å²) >= 11 is 1.68. The van der Waals surface area contributed by atoms with Crippen LogP contribution < -0.4 is 5.32 Å². The van der Waals surface area contributed by atoms with Gasteiger partial charge in [-0.1, -0.05) is 11.8 Å². The molecule has 0 spiro atoms. The normalized spacial score (nSPS) is 29.3. The van der Waals surface area contributed by atoms with E-state index in [2.05, 4.69) is 29.4 Å². The molecule has 94 valence electrons. The Morgan fingerprint density at radius 3 is 2.88 bits per heavy atom. The number of hydrogen-bond acceptors (Lipinski definition) is 4. The highest BCUT2D eigenvalue weighted by molar-refractivity contribution is 8.00. The summed E-state index contributed by atoms with van der Waals surface area (Å²) < 4.78 is 0. The van der Waals surface area contributed by atoms with Crippen molar-refractivity contribution in [3.05, 3.63) is 23.4 Å². The van der Waals surface area contributed by atoms with E-state index in [-0.39, 0.29) is 5.25 Å². The van der Waals surface area contributed by atoms with E-state index in [0.717, 1.165) is 30.2 Å². The lowest BCUT2D eigenvalue weighted by molar-refractivity contribution is 0.0355. The zero-order valence-corrected chi connectivity index (χ0v) is 11.5. The summed E-state index contributed by atoms with van der Waals surface area (Å²) in [7, 11) is 0. The number of aryl methyl sites for hydroxylation is 2. The lowest BCUT2D eigenvalue weighted by Gasteiger charge is -2.36. The second-order valence-corrected chi connectivity index (χ2v) is 6.26. The number of piperidine rings is 1. The van der Waals surface area contributed by atoms with E-state index in [4.69, 9.17) is 0 Å². The average Bonchev–Trinajstić information content (AvgIpc) is 2.19. The highest BCUT2D eigenvalue weighted by atomic mass is 32.2. The third-order valence-electron chi connectivity index (χ3n) is 3.17. The molecular weight excluding hydrogens is 232 g/mol. The molecule has 2 heterocycles. The summed E-state index contributed by atoms with van der Waals surface area (Å²) in [5.41, 5.74) is 1.66. The van der Waals surface area contributed by atoms with Crippen molar-refractivity contribution in [3.63, 3.8) is 0 Å². The Kier molecular flexibility index (Phi) is 3.76. The molecule has 17 heavy (non-hydrogen) atoms. The fraction of sp³-hybridized carbons (Fsp3) is 0.615. The highest BCUT2D eigenvalue weighted by Gasteiger charge is 2.35. The topological polar surface area (TPSA) is 45.2 Å². The predicted molar refractivity (Wildman–Crippen MR) is 71.5 cm³/mol. The van der Waals surface area contributed by atoms with Crippen molar-refractivity contribution >= 4 is 11.8 Å². The van der Waals surface area contributed by atoms with E-state index in [1.165, 1.54) is 5.56 Å². The third-order valence-corrected chi connectivity index (χ3v) is 4.58. The molecule has 0 aromatic carbocycles. The minimum Gasteiger partial charge on any atom is -0.389 e. The van der Waals surface area contributed by atoms with Crippen LogP contribution in [0.25, 0.3) is 0 Å². The Morgan fingerprint density at radius 1 is 1.47 bits per heavy atom. The predicted octanol–water partition coefficient (Wildman–Crippen LogP) is 1.90. The molecule has 3 nitrogen and oxygen atoms in total. The summed E-state index contributed by atoms with van der Waals surface area (Å²) in [5, 5.41) is 14.9. The van der Waals surface area contributed by atoms with Crippen LogP contribution in [0.1, 0.15) is 24.6 Å². The second-order valence-electron chi connectivity index (χ2n) is 5.04. The maximum atomic E-state index is 10.3. The first kappa shape index (κ1) is 12.9. The van der Waals surface area contributed by atoms with Crippen molar-refractivity contribution in [2.45, 2.75) is 43.1 Å². The molecule has 0 amide bonds. The molecule has 0 radical (unpaired) electrons. The number of aromatic nitrogens is 1. The van der Waals surface area contributed by atoms with Gasteiger partial charge in [0.1, 0.15) is 0 Å². The minimum atomic E-state index is -0.602. The molecule has 1 aliphatic rings. The lowest BCUT2D eigenvalue weighted by atomic mass is 9.94. The van der Waals surface area contributed by atoms with E-state index in [1.54, 1.807) is 11.8 Å². The van der Waals surface area contributed by atoms with Gasteiger partial charge in [-0.25, -0.2) is 4.98 Å². The van der Waals surface area contributed by atoms with Crippen molar-refractivity contribution < 1.29 is 5.11 Å². The largest absolute Gasteiger partial charge is 0.389 e. The van der Waals surface area contributed by atoms with Gasteiger partial charge in [0.15, 0.2) is 0 Å². The number of nitrogens with zero attached hydrogens (tertiary/aromatic N) is 1. The number of rotatable bonds is 2. The molecule has 1 aromatic rings. The first-order valence-corrected chi connectivity index (χ1v) is 6.90. The van der Waals surface area contributed by atoms with E-state index < -0.39 is 5.60 Å². The SMILES string of the molecule is Cc1cc(C)nc(SC2CNCCC2(C)O)c1. The van der Waals surface area contributed by atoms with Crippen molar-refractivity contribution in [2.24, 2.45) is 0 Å². The molecular formula is C13H20N2OS. The van der Waals surface area contributed by atoms with Gasteiger partial charge in [0.25, 0.3) is 0 Å². The van der Waals surface area contributed by atoms with Gasteiger partial charge in [0.05, 0.1) is 15.9 Å². The van der Waals surface area contributed by atoms with Crippen molar-refractivity contribution in [1.82, 2.24) is 10.3 Å². The third kappa shape index (κ3) is 3.21. The zero-order chi connectivity index (χ0) is 12.5. The Balaban J connectivity index is 2.14. The van der Waals surface area contributed by atoms with Gasteiger partial charge in [0.2, 0.25) is 0 Å². The van der Waals surface area contributed by atoms with Crippen LogP contribution in [-0.2, 0) is 0 Å². The number of nitrogens with one attached hydrogen (secondary N) is 1. The van der Waals surface area contributed by atoms with E-state index in [0.29, 0.717) is 0 Å². The maximum Gasteiger partial charge on any atom is 0.0969 e. The molecule has 2 atom stereocenters. The van der Waals surface area contributed by atoms with Gasteiger partial charge >= 0.3 is 0 Å². The average molecular weight is 252 g/mol. The lowest BCUT2D eigenvalue weighted by Crippen LogP contribution is -2.50. The first-order valence-electron chi connectivity index (χ1n) is 6.02. The van der Waals surface area contributed by atoms with Gasteiger partial charge in [-0.15, -0.1) is 0 Å². The number of aliphatic hydroxyl groups is 1. The van der Waals surface area contributed by atoms with E-state index >= 15 is 0 Å². The van der Waals surface area contributed by atoms with Crippen molar-refractivity contribution in [1.29, 1.82) is 0 Å². The summed E-state index contributed by atoms with van der Waals surface area (Å²) in [6, 6.07) is 4.16. The molecule has 4 heteroatoms. The number of pyridine rings is 1. The molecule has 1 saturated heterocycles. The van der Waals surface area contributed by atoms with Crippen LogP contribution in [0.5, 0.6) is 0 Å². The number of thioether (sulfide) groups is 1. The van der Waals surface area contributed by atoms with Gasteiger partial charge in [-0.05, 0) is 51.4 Å². The fourth-order valence-electron chi connectivity index (χ4n) is 2.13. The Bertz CT molecular complexity index is 386. The quantitative estimate of drug-likeness (QED) is 0.844. The van der Waals surface area contributed by atoms with Gasteiger partial charge in [0, 0.05) is 12.2 Å². The van der Waals surface area contributed by atoms with Gasteiger partial charge < -0.3 is 10.4 Å². The highest BCUT2D eigenvalue weighted by Crippen LogP contribution is 2.33. The molecule has 0 bridgehead atoms. The van der Waals surface area contributed by atoms with Crippen LogP contribution in [0.15, 0.2) is 17.2 Å². The molecule has 2 N–H and O–H groups in total. The van der Waals surface area contributed by atoms with Gasteiger partial charge in [-0.2, -0.15) is 0 Å². The smallest absolute Gasteiger partial charge is 0.0969 e.